The van der Waals surface area contributed by atoms with E-state index in [-0.39, 0.29) is 12.8 Å². The van der Waals surface area contributed by atoms with Gasteiger partial charge in [0.05, 0.1) is 12.3 Å². The molecule has 11 heteroatoms. The quantitative estimate of drug-likeness (QED) is 0.275. The van der Waals surface area contributed by atoms with Crippen LogP contribution in [0.4, 0.5) is 0 Å². The number of fused-ring (bicyclic) bond motifs is 3. The van der Waals surface area contributed by atoms with Gasteiger partial charge in [-0.1, -0.05) is 5.57 Å². The van der Waals surface area contributed by atoms with Crippen LogP contribution in [0, 0.1) is 17.8 Å². The first-order valence-corrected chi connectivity index (χ1v) is 13.3. The highest BCUT2D eigenvalue weighted by molar-refractivity contribution is 7.98. The van der Waals surface area contributed by atoms with Gasteiger partial charge in [0.25, 0.3) is 0 Å². The Kier molecular flexibility index (Phi) is 8.12. The summed E-state index contributed by atoms with van der Waals surface area (Å²) in [6.45, 7) is 8.69. The SMILES string of the molecule is CSCCC(=O)O[C@H]1C[C@](C)(OC(C)=O)[C@@H]2[C@@H](C(C)=C[C@H]2OC(C)=O)[C@@H]2OC(=O)[C@@](C)(OC(C)=O)[C@@H]21. The average molecular weight is 527 g/mol. The van der Waals surface area contributed by atoms with Crippen molar-refractivity contribution in [2.45, 2.75) is 83.9 Å². The number of carbonyl (C=O) groups excluding carboxylic acids is 5. The minimum absolute atomic E-state index is 0.0215. The van der Waals surface area contributed by atoms with Crippen molar-refractivity contribution in [3.8, 4) is 0 Å². The zero-order chi connectivity index (χ0) is 27.0. The molecule has 0 amide bonds. The van der Waals surface area contributed by atoms with Crippen LogP contribution in [-0.4, -0.2) is 71.4 Å². The standard InChI is InChI=1S/C25H34O10S/c1-12-10-16(31-13(2)26)20-19(12)22-21(25(6,23(30)33-22)35-15(4)28)17(32-18(29)8-9-36-7)11-24(20,5)34-14(3)27/h10,16-17,19-22H,8-9,11H2,1-7H3/t16-,17+,19-,20+,21-,22+,24+,25+/m1/s1. The molecule has 0 spiro atoms. The lowest BCUT2D eigenvalue weighted by Gasteiger charge is -2.40. The molecule has 0 aromatic carbocycles. The Bertz CT molecular complexity index is 976. The van der Waals surface area contributed by atoms with Gasteiger partial charge in [-0.15, -0.1) is 0 Å². The van der Waals surface area contributed by atoms with Gasteiger partial charge in [0.2, 0.25) is 5.60 Å². The molecule has 1 saturated heterocycles. The van der Waals surface area contributed by atoms with Gasteiger partial charge < -0.3 is 23.7 Å². The summed E-state index contributed by atoms with van der Waals surface area (Å²) in [7, 11) is 0. The first-order valence-electron chi connectivity index (χ1n) is 11.9. The van der Waals surface area contributed by atoms with Crippen molar-refractivity contribution in [1.82, 2.24) is 0 Å². The maximum absolute atomic E-state index is 13.2. The second kappa shape index (κ2) is 10.4. The molecule has 8 atom stereocenters. The molecule has 200 valence electrons. The molecule has 2 aliphatic carbocycles. The van der Waals surface area contributed by atoms with Crippen molar-refractivity contribution in [2.75, 3.05) is 12.0 Å². The van der Waals surface area contributed by atoms with Gasteiger partial charge in [-0.25, -0.2) is 4.79 Å². The summed E-state index contributed by atoms with van der Waals surface area (Å²) in [5, 5.41) is 0. The van der Waals surface area contributed by atoms with E-state index in [0.717, 1.165) is 5.57 Å². The van der Waals surface area contributed by atoms with Gasteiger partial charge in [-0.05, 0) is 33.1 Å². The molecule has 0 unspecified atom stereocenters. The predicted molar refractivity (Wildman–Crippen MR) is 127 cm³/mol. The van der Waals surface area contributed by atoms with E-state index in [0.29, 0.717) is 5.75 Å². The number of hydrogen-bond donors (Lipinski definition) is 0. The average Bonchev–Trinajstić information content (AvgIpc) is 3.13. The highest BCUT2D eigenvalue weighted by Crippen LogP contribution is 2.56. The molecule has 2 fully saturated rings. The number of thioether (sulfide) groups is 1. The Hall–Kier alpha value is -2.56. The monoisotopic (exact) mass is 526 g/mol. The van der Waals surface area contributed by atoms with E-state index in [4.69, 9.17) is 23.7 Å². The minimum Gasteiger partial charge on any atom is -0.462 e. The van der Waals surface area contributed by atoms with E-state index in [1.54, 1.807) is 13.0 Å². The van der Waals surface area contributed by atoms with Crippen LogP contribution in [0.2, 0.25) is 0 Å². The topological polar surface area (TPSA) is 132 Å². The summed E-state index contributed by atoms with van der Waals surface area (Å²) >= 11 is 1.48. The molecular weight excluding hydrogens is 492 g/mol. The molecule has 36 heavy (non-hydrogen) atoms. The fourth-order valence-electron chi connectivity index (χ4n) is 6.11. The van der Waals surface area contributed by atoms with E-state index in [2.05, 4.69) is 0 Å². The number of hydrogen-bond acceptors (Lipinski definition) is 11. The molecule has 0 radical (unpaired) electrons. The third kappa shape index (κ3) is 5.26. The van der Waals surface area contributed by atoms with Crippen LogP contribution in [0.15, 0.2) is 11.6 Å². The molecule has 10 nitrogen and oxygen atoms in total. The van der Waals surface area contributed by atoms with Gasteiger partial charge in [0.15, 0.2) is 0 Å². The van der Waals surface area contributed by atoms with E-state index in [1.165, 1.54) is 39.5 Å². The first kappa shape index (κ1) is 28.0. The van der Waals surface area contributed by atoms with Crippen molar-refractivity contribution >= 4 is 41.6 Å². The van der Waals surface area contributed by atoms with Crippen LogP contribution in [-0.2, 0) is 47.7 Å². The van der Waals surface area contributed by atoms with Crippen LogP contribution in [0.3, 0.4) is 0 Å². The van der Waals surface area contributed by atoms with Crippen molar-refractivity contribution in [1.29, 1.82) is 0 Å². The Morgan fingerprint density at radius 1 is 1.03 bits per heavy atom. The van der Waals surface area contributed by atoms with Gasteiger partial charge in [0.1, 0.15) is 23.9 Å². The molecule has 0 aromatic rings. The number of ether oxygens (including phenoxy) is 5. The molecule has 1 aliphatic heterocycles. The van der Waals surface area contributed by atoms with Crippen LogP contribution >= 0.6 is 11.8 Å². The molecule has 0 N–H and O–H groups in total. The summed E-state index contributed by atoms with van der Waals surface area (Å²) in [6.07, 6.45) is 1.06. The summed E-state index contributed by atoms with van der Waals surface area (Å²) in [5.41, 5.74) is -2.26. The zero-order valence-electron chi connectivity index (χ0n) is 21.7. The smallest absolute Gasteiger partial charge is 0.351 e. The van der Waals surface area contributed by atoms with Crippen molar-refractivity contribution < 1.29 is 47.7 Å². The van der Waals surface area contributed by atoms with E-state index in [9.17, 15) is 24.0 Å². The van der Waals surface area contributed by atoms with Crippen LogP contribution in [0.5, 0.6) is 0 Å². The number of carbonyl (C=O) groups is 5. The van der Waals surface area contributed by atoms with Crippen molar-refractivity contribution in [3.63, 3.8) is 0 Å². The highest BCUT2D eigenvalue weighted by Gasteiger charge is 2.69. The molecule has 3 rings (SSSR count). The fourth-order valence-corrected chi connectivity index (χ4v) is 6.49. The largest absolute Gasteiger partial charge is 0.462 e. The molecule has 1 heterocycles. The number of rotatable bonds is 7. The van der Waals surface area contributed by atoms with E-state index < -0.39 is 77.1 Å². The van der Waals surface area contributed by atoms with Gasteiger partial charge in [-0.3, -0.25) is 19.2 Å². The Morgan fingerprint density at radius 3 is 2.22 bits per heavy atom. The predicted octanol–water partition coefficient (Wildman–Crippen LogP) is 2.36. The van der Waals surface area contributed by atoms with Crippen LogP contribution in [0.1, 0.15) is 54.4 Å². The van der Waals surface area contributed by atoms with Gasteiger partial charge >= 0.3 is 29.8 Å². The van der Waals surface area contributed by atoms with Crippen LogP contribution < -0.4 is 0 Å². The fraction of sp³-hybridized carbons (Fsp3) is 0.720. The summed E-state index contributed by atoms with van der Waals surface area (Å²) in [4.78, 5) is 62.2. The first-order chi connectivity index (χ1) is 16.7. The van der Waals surface area contributed by atoms with E-state index in [1.807, 2.05) is 13.2 Å². The lowest BCUT2D eigenvalue weighted by Crippen LogP contribution is -2.51. The Labute approximate surface area is 214 Å². The molecule has 1 saturated carbocycles. The molecule has 0 aromatic heterocycles. The summed E-state index contributed by atoms with van der Waals surface area (Å²) < 4.78 is 28.8. The second-order valence-electron chi connectivity index (χ2n) is 10.0. The molecule has 0 bridgehead atoms. The third-order valence-corrected chi connectivity index (χ3v) is 7.84. The van der Waals surface area contributed by atoms with Crippen molar-refractivity contribution in [2.24, 2.45) is 17.8 Å². The van der Waals surface area contributed by atoms with Crippen molar-refractivity contribution in [3.05, 3.63) is 11.6 Å². The van der Waals surface area contributed by atoms with Gasteiger partial charge in [-0.2, -0.15) is 11.8 Å². The minimum atomic E-state index is -1.74. The molecular formula is C25H34O10S. The Morgan fingerprint density at radius 2 is 1.67 bits per heavy atom. The zero-order valence-corrected chi connectivity index (χ0v) is 22.5. The summed E-state index contributed by atoms with van der Waals surface area (Å²) in [6, 6.07) is 0. The summed E-state index contributed by atoms with van der Waals surface area (Å²) in [5.74, 6) is -4.60. The van der Waals surface area contributed by atoms with Crippen LogP contribution in [0.25, 0.3) is 0 Å². The van der Waals surface area contributed by atoms with E-state index >= 15 is 0 Å². The third-order valence-electron chi connectivity index (χ3n) is 7.23. The second-order valence-corrected chi connectivity index (χ2v) is 11.0. The Balaban J connectivity index is 2.17. The highest BCUT2D eigenvalue weighted by atomic mass is 32.2. The molecule has 3 aliphatic rings. The lowest BCUT2D eigenvalue weighted by molar-refractivity contribution is -0.186. The lowest BCUT2D eigenvalue weighted by atomic mass is 9.74. The maximum atomic E-state index is 13.2. The maximum Gasteiger partial charge on any atom is 0.351 e. The number of esters is 5. The normalized spacial score (nSPS) is 37.0. The van der Waals surface area contributed by atoms with Gasteiger partial charge in [0, 0.05) is 44.8 Å².